The van der Waals surface area contributed by atoms with Crippen molar-refractivity contribution in [2.75, 3.05) is 38.1 Å². The van der Waals surface area contributed by atoms with Gasteiger partial charge in [-0.05, 0) is 50.2 Å². The summed E-state index contributed by atoms with van der Waals surface area (Å²) in [5.41, 5.74) is 0.206. The molecule has 37 heavy (non-hydrogen) atoms. The van der Waals surface area contributed by atoms with Gasteiger partial charge in [-0.1, -0.05) is 0 Å². The van der Waals surface area contributed by atoms with E-state index in [9.17, 15) is 24.0 Å². The van der Waals surface area contributed by atoms with E-state index < -0.39 is 23.7 Å². The number of rotatable bonds is 8. The predicted molar refractivity (Wildman–Crippen MR) is 138 cm³/mol. The first kappa shape index (κ1) is 27.1. The van der Waals surface area contributed by atoms with Gasteiger partial charge in [-0.2, -0.15) is 12.6 Å². The molecule has 1 N–H and O–H groups in total. The number of piperidine rings is 2. The van der Waals surface area contributed by atoms with Crippen LogP contribution < -0.4 is 10.2 Å². The lowest BCUT2D eigenvalue weighted by Gasteiger charge is -2.35. The van der Waals surface area contributed by atoms with Crippen LogP contribution in [0.25, 0.3) is 0 Å². The van der Waals surface area contributed by atoms with Gasteiger partial charge in [0.25, 0.3) is 11.8 Å². The fourth-order valence-corrected chi connectivity index (χ4v) is 5.57. The Morgan fingerprint density at radius 3 is 2.30 bits per heavy atom. The molecule has 3 aliphatic heterocycles. The molecular weight excluding hydrogens is 499 g/mol. The molecule has 0 aromatic heterocycles. The fourth-order valence-electron chi connectivity index (χ4n) is 5.34. The summed E-state index contributed by atoms with van der Waals surface area (Å²) in [7, 11) is 1.46. The Balaban J connectivity index is 1.40. The zero-order valence-corrected chi connectivity index (χ0v) is 21.8. The minimum absolute atomic E-state index is 0.0110. The number of nitrogens with zero attached hydrogens (tertiary/aromatic N) is 3. The normalized spacial score (nSPS) is 19.7. The predicted octanol–water partition coefficient (Wildman–Crippen LogP) is 2.04. The first-order chi connectivity index (χ1) is 17.7. The summed E-state index contributed by atoms with van der Waals surface area (Å²) in [5, 5.41) is 2.79. The molecule has 0 radical (unpaired) electrons. The van der Waals surface area contributed by atoms with Crippen LogP contribution in [0.15, 0.2) is 12.1 Å². The first-order valence-electron chi connectivity index (χ1n) is 12.8. The van der Waals surface area contributed by atoms with Crippen molar-refractivity contribution in [1.29, 1.82) is 0 Å². The van der Waals surface area contributed by atoms with E-state index >= 15 is 4.39 Å². The molecular formula is C26H33FN4O5S. The maximum atomic E-state index is 15.1. The van der Waals surface area contributed by atoms with Crippen molar-refractivity contribution in [2.24, 2.45) is 5.92 Å². The van der Waals surface area contributed by atoms with Crippen molar-refractivity contribution in [3.63, 3.8) is 0 Å². The van der Waals surface area contributed by atoms with Crippen LogP contribution in [0.3, 0.4) is 0 Å². The van der Waals surface area contributed by atoms with Crippen LogP contribution in [0.1, 0.15) is 65.7 Å². The van der Waals surface area contributed by atoms with Gasteiger partial charge in [0.05, 0.1) is 22.9 Å². The SMILES string of the molecule is CNC(=O)CCC(C=O)N1C(=O)c2cc(F)c(N3CCC(CC(=O)N4CCC(S)CC4)CC3)cc2C1=O. The molecule has 3 aliphatic rings. The lowest BCUT2D eigenvalue weighted by Crippen LogP contribution is -2.41. The highest BCUT2D eigenvalue weighted by atomic mass is 32.1. The van der Waals surface area contributed by atoms with E-state index in [0.29, 0.717) is 31.0 Å². The first-order valence-corrected chi connectivity index (χ1v) is 13.3. The Morgan fingerprint density at radius 2 is 1.70 bits per heavy atom. The number of likely N-dealkylation sites (tertiary alicyclic amines) is 1. The molecule has 4 rings (SSSR count). The number of fused-ring (bicyclic) bond motifs is 1. The molecule has 4 amide bonds. The largest absolute Gasteiger partial charge is 0.369 e. The third kappa shape index (κ3) is 5.81. The number of imide groups is 1. The van der Waals surface area contributed by atoms with Crippen LogP contribution in [0.5, 0.6) is 0 Å². The Kier molecular flexibility index (Phi) is 8.51. The third-order valence-electron chi connectivity index (χ3n) is 7.66. The monoisotopic (exact) mass is 532 g/mol. The summed E-state index contributed by atoms with van der Waals surface area (Å²) in [6.07, 6.45) is 4.16. The van der Waals surface area contributed by atoms with Gasteiger partial charge < -0.3 is 19.9 Å². The minimum atomic E-state index is -1.11. The number of thiol groups is 1. The van der Waals surface area contributed by atoms with Gasteiger partial charge in [0.2, 0.25) is 11.8 Å². The van der Waals surface area contributed by atoms with Crippen LogP contribution in [-0.4, -0.2) is 84.2 Å². The number of benzene rings is 1. The summed E-state index contributed by atoms with van der Waals surface area (Å²) in [4.78, 5) is 66.4. The Hall–Kier alpha value is -2.95. The van der Waals surface area contributed by atoms with Gasteiger partial charge in [0.1, 0.15) is 12.1 Å². The van der Waals surface area contributed by atoms with E-state index in [0.717, 1.165) is 49.7 Å². The van der Waals surface area contributed by atoms with E-state index in [4.69, 9.17) is 0 Å². The molecule has 1 aromatic carbocycles. The molecule has 3 heterocycles. The van der Waals surface area contributed by atoms with Crippen molar-refractivity contribution in [3.8, 4) is 0 Å². The summed E-state index contributed by atoms with van der Waals surface area (Å²) in [6, 6.07) is 1.34. The molecule has 1 atom stereocenters. The second-order valence-corrected chi connectivity index (χ2v) is 10.7. The Bertz CT molecular complexity index is 1080. The highest BCUT2D eigenvalue weighted by molar-refractivity contribution is 7.80. The number of anilines is 1. The number of halogens is 1. The van der Waals surface area contributed by atoms with Gasteiger partial charge in [-0.25, -0.2) is 4.39 Å². The lowest BCUT2D eigenvalue weighted by atomic mass is 9.92. The number of amides is 4. The highest BCUT2D eigenvalue weighted by Crippen LogP contribution is 2.34. The van der Waals surface area contributed by atoms with Gasteiger partial charge in [-0.3, -0.25) is 24.1 Å². The number of carbonyl (C=O) groups excluding carboxylic acids is 5. The van der Waals surface area contributed by atoms with E-state index in [1.807, 2.05) is 9.80 Å². The van der Waals surface area contributed by atoms with Crippen LogP contribution in [0.2, 0.25) is 0 Å². The van der Waals surface area contributed by atoms with Gasteiger partial charge in [-0.15, -0.1) is 0 Å². The van der Waals surface area contributed by atoms with Crippen LogP contribution in [-0.2, 0) is 14.4 Å². The average molecular weight is 533 g/mol. The molecule has 1 unspecified atom stereocenters. The number of carbonyl (C=O) groups is 5. The zero-order valence-electron chi connectivity index (χ0n) is 21.0. The Labute approximate surface area is 221 Å². The van der Waals surface area contributed by atoms with E-state index in [1.54, 1.807) is 0 Å². The molecule has 0 spiro atoms. The summed E-state index contributed by atoms with van der Waals surface area (Å²) >= 11 is 4.48. The summed E-state index contributed by atoms with van der Waals surface area (Å²) in [6.45, 7) is 2.54. The summed E-state index contributed by atoms with van der Waals surface area (Å²) < 4.78 is 15.1. The number of hydrogen-bond acceptors (Lipinski definition) is 7. The second kappa shape index (κ2) is 11.6. The van der Waals surface area contributed by atoms with Crippen LogP contribution in [0, 0.1) is 11.7 Å². The fraction of sp³-hybridized carbons (Fsp3) is 0.577. The van der Waals surface area contributed by atoms with E-state index in [1.165, 1.54) is 13.1 Å². The number of nitrogens with one attached hydrogen (secondary N) is 1. The average Bonchev–Trinajstić information content (AvgIpc) is 3.13. The molecule has 2 saturated heterocycles. The van der Waals surface area contributed by atoms with E-state index in [-0.39, 0.29) is 47.4 Å². The quantitative estimate of drug-likeness (QED) is 0.302. The molecule has 9 nitrogen and oxygen atoms in total. The van der Waals surface area contributed by atoms with Crippen molar-refractivity contribution in [1.82, 2.24) is 15.1 Å². The number of aldehydes is 1. The van der Waals surface area contributed by atoms with Crippen molar-refractivity contribution in [3.05, 3.63) is 29.1 Å². The Morgan fingerprint density at radius 1 is 1.08 bits per heavy atom. The van der Waals surface area contributed by atoms with Crippen molar-refractivity contribution >= 4 is 48.2 Å². The zero-order chi connectivity index (χ0) is 26.7. The molecule has 11 heteroatoms. The van der Waals surface area contributed by atoms with Crippen LogP contribution in [0.4, 0.5) is 10.1 Å². The van der Waals surface area contributed by atoms with Gasteiger partial charge in [0, 0.05) is 51.3 Å². The van der Waals surface area contributed by atoms with Gasteiger partial charge >= 0.3 is 0 Å². The molecule has 200 valence electrons. The second-order valence-electron chi connectivity index (χ2n) is 9.99. The highest BCUT2D eigenvalue weighted by Gasteiger charge is 2.41. The molecule has 0 aliphatic carbocycles. The van der Waals surface area contributed by atoms with Gasteiger partial charge in [0.15, 0.2) is 0 Å². The van der Waals surface area contributed by atoms with Crippen molar-refractivity contribution < 1.29 is 28.4 Å². The lowest BCUT2D eigenvalue weighted by molar-refractivity contribution is -0.133. The molecule has 0 saturated carbocycles. The summed E-state index contributed by atoms with van der Waals surface area (Å²) in [5.74, 6) is -1.96. The maximum absolute atomic E-state index is 15.1. The molecule has 2 fully saturated rings. The molecule has 1 aromatic rings. The van der Waals surface area contributed by atoms with Crippen molar-refractivity contribution in [2.45, 2.75) is 56.2 Å². The standard InChI is InChI=1S/C26H33FN4O5S/c1-28-23(33)3-2-17(15-32)31-25(35)19-13-21(27)22(14-20(19)26(31)36)29-8-4-16(5-9-29)12-24(34)30-10-6-18(37)7-11-30/h13-18,37H,2-12H2,1H3,(H,28,33). The minimum Gasteiger partial charge on any atom is -0.369 e. The van der Waals surface area contributed by atoms with Crippen LogP contribution >= 0.6 is 12.6 Å². The maximum Gasteiger partial charge on any atom is 0.262 e. The van der Waals surface area contributed by atoms with E-state index in [2.05, 4.69) is 17.9 Å². The topological polar surface area (TPSA) is 107 Å². The smallest absolute Gasteiger partial charge is 0.262 e. The third-order valence-corrected chi connectivity index (χ3v) is 8.17. The molecule has 0 bridgehead atoms. The number of hydrogen-bond donors (Lipinski definition) is 2.